The number of fused-ring (bicyclic) bond motifs is 1. The number of aromatic nitrogens is 3. The summed E-state index contributed by atoms with van der Waals surface area (Å²) in [6.45, 7) is 0. The number of benzene rings is 1. The van der Waals surface area contributed by atoms with Crippen molar-refractivity contribution < 1.29 is 14.5 Å². The zero-order valence-corrected chi connectivity index (χ0v) is 13.3. The van der Waals surface area contributed by atoms with Gasteiger partial charge >= 0.3 is 5.97 Å². The molecule has 0 saturated carbocycles. The van der Waals surface area contributed by atoms with Gasteiger partial charge in [-0.15, -0.1) is 0 Å². The van der Waals surface area contributed by atoms with Gasteiger partial charge in [-0.25, -0.2) is 14.3 Å². The molecule has 8 nitrogen and oxygen atoms in total. The highest BCUT2D eigenvalue weighted by molar-refractivity contribution is 9.10. The lowest BCUT2D eigenvalue weighted by Crippen LogP contribution is -2.10. The molecule has 0 aliphatic rings. The summed E-state index contributed by atoms with van der Waals surface area (Å²) in [7, 11) is 1.26. The molecule has 0 aliphatic carbocycles. The van der Waals surface area contributed by atoms with E-state index in [1.165, 1.54) is 36.0 Å². The molecule has 2 aromatic heterocycles. The van der Waals surface area contributed by atoms with E-state index in [4.69, 9.17) is 4.74 Å². The highest BCUT2D eigenvalue weighted by Gasteiger charge is 2.18. The Morgan fingerprint density at radius 3 is 2.87 bits per heavy atom. The second-order valence-electron chi connectivity index (χ2n) is 4.55. The van der Waals surface area contributed by atoms with Gasteiger partial charge in [0, 0.05) is 17.7 Å². The average molecular weight is 377 g/mol. The normalized spacial score (nSPS) is 10.7. The van der Waals surface area contributed by atoms with Crippen LogP contribution < -0.4 is 0 Å². The second kappa shape index (κ2) is 5.76. The van der Waals surface area contributed by atoms with Crippen molar-refractivity contribution in [2.75, 3.05) is 7.11 Å². The van der Waals surface area contributed by atoms with Crippen molar-refractivity contribution >= 4 is 33.2 Å². The zero-order chi connectivity index (χ0) is 16.6. The van der Waals surface area contributed by atoms with Crippen LogP contribution in [0.15, 0.2) is 41.0 Å². The second-order valence-corrected chi connectivity index (χ2v) is 5.41. The van der Waals surface area contributed by atoms with Crippen LogP contribution in [0.4, 0.5) is 5.69 Å². The molecular formula is C14H9BrN4O4. The quantitative estimate of drug-likeness (QED) is 0.395. The molecular weight excluding hydrogens is 368 g/mol. The summed E-state index contributed by atoms with van der Waals surface area (Å²) in [5, 5.41) is 15.0. The summed E-state index contributed by atoms with van der Waals surface area (Å²) in [6.07, 6.45) is 1.51. The van der Waals surface area contributed by atoms with Gasteiger partial charge in [-0.2, -0.15) is 5.10 Å². The summed E-state index contributed by atoms with van der Waals surface area (Å²) in [6, 6.07) is 7.50. The van der Waals surface area contributed by atoms with E-state index in [1.807, 2.05) is 0 Å². The first-order valence-corrected chi connectivity index (χ1v) is 7.18. The maximum Gasteiger partial charge on any atom is 0.356 e. The van der Waals surface area contributed by atoms with Crippen molar-refractivity contribution in [3.63, 3.8) is 0 Å². The van der Waals surface area contributed by atoms with Gasteiger partial charge in [-0.05, 0) is 22.0 Å². The lowest BCUT2D eigenvalue weighted by molar-refractivity contribution is -0.384. The molecule has 0 atom stereocenters. The fraction of sp³-hybridized carbons (Fsp3) is 0.0714. The summed E-state index contributed by atoms with van der Waals surface area (Å²) in [4.78, 5) is 26.8. The van der Waals surface area contributed by atoms with Crippen LogP contribution in [0.25, 0.3) is 16.9 Å². The number of hydrogen-bond donors (Lipinski definition) is 0. The maximum atomic E-state index is 12.0. The topological polar surface area (TPSA) is 99.6 Å². The largest absolute Gasteiger partial charge is 0.464 e. The molecule has 0 bridgehead atoms. The Morgan fingerprint density at radius 2 is 2.17 bits per heavy atom. The van der Waals surface area contributed by atoms with Crippen LogP contribution >= 0.6 is 15.9 Å². The molecule has 23 heavy (non-hydrogen) atoms. The SMILES string of the molecule is COC(=O)c1cc(-c2cccc([N+](=O)[O-])c2)nc2c(Br)cnn12. The first kappa shape index (κ1) is 15.1. The van der Waals surface area contributed by atoms with Crippen molar-refractivity contribution in [1.82, 2.24) is 14.6 Å². The molecule has 0 radical (unpaired) electrons. The fourth-order valence-corrected chi connectivity index (χ4v) is 2.46. The van der Waals surface area contributed by atoms with E-state index in [0.717, 1.165) is 0 Å². The van der Waals surface area contributed by atoms with Crippen LogP contribution in [-0.2, 0) is 4.74 Å². The molecule has 116 valence electrons. The van der Waals surface area contributed by atoms with Gasteiger partial charge in [-0.1, -0.05) is 12.1 Å². The molecule has 0 spiro atoms. The van der Waals surface area contributed by atoms with Crippen molar-refractivity contribution in [1.29, 1.82) is 0 Å². The molecule has 2 heterocycles. The standard InChI is InChI=1S/C14H9BrN4O4/c1-23-14(20)12-6-11(17-13-10(15)7-16-18(12)13)8-3-2-4-9(5-8)19(21)22/h2-7H,1H3. The monoisotopic (exact) mass is 376 g/mol. The molecule has 0 fully saturated rings. The minimum absolute atomic E-state index is 0.0589. The van der Waals surface area contributed by atoms with E-state index in [1.54, 1.807) is 12.1 Å². The van der Waals surface area contributed by atoms with Gasteiger partial charge in [-0.3, -0.25) is 10.1 Å². The summed E-state index contributed by atoms with van der Waals surface area (Å²) >= 11 is 3.31. The molecule has 0 amide bonds. The smallest absolute Gasteiger partial charge is 0.356 e. The number of carbonyl (C=O) groups excluding carboxylic acids is 1. The van der Waals surface area contributed by atoms with Crippen molar-refractivity contribution in [2.24, 2.45) is 0 Å². The third kappa shape index (κ3) is 2.66. The number of ether oxygens (including phenoxy) is 1. The van der Waals surface area contributed by atoms with Gasteiger partial charge in [0.1, 0.15) is 0 Å². The van der Waals surface area contributed by atoms with E-state index < -0.39 is 10.9 Å². The summed E-state index contributed by atoms with van der Waals surface area (Å²) < 4.78 is 6.69. The van der Waals surface area contributed by atoms with Crippen LogP contribution in [0, 0.1) is 10.1 Å². The Bertz CT molecular complexity index is 938. The van der Waals surface area contributed by atoms with Gasteiger partial charge in [0.2, 0.25) is 0 Å². The van der Waals surface area contributed by atoms with Crippen LogP contribution in [0.5, 0.6) is 0 Å². The number of non-ortho nitro benzene ring substituents is 1. The number of nitro benzene ring substituents is 1. The lowest BCUT2D eigenvalue weighted by atomic mass is 10.1. The first-order valence-electron chi connectivity index (χ1n) is 6.38. The van der Waals surface area contributed by atoms with Gasteiger partial charge in [0.05, 0.1) is 28.4 Å². The van der Waals surface area contributed by atoms with Crippen LogP contribution in [0.3, 0.4) is 0 Å². The first-order chi connectivity index (χ1) is 11.0. The van der Waals surface area contributed by atoms with Crippen LogP contribution in [0.2, 0.25) is 0 Å². The van der Waals surface area contributed by atoms with E-state index in [-0.39, 0.29) is 11.4 Å². The molecule has 0 N–H and O–H groups in total. The Hall–Kier alpha value is -2.81. The number of methoxy groups -OCH3 is 1. The number of nitro groups is 1. The molecule has 0 aliphatic heterocycles. The van der Waals surface area contributed by atoms with Crippen molar-refractivity contribution in [2.45, 2.75) is 0 Å². The minimum Gasteiger partial charge on any atom is -0.464 e. The third-order valence-electron chi connectivity index (χ3n) is 3.18. The number of carbonyl (C=O) groups is 1. The fourth-order valence-electron chi connectivity index (χ4n) is 2.11. The molecule has 0 saturated heterocycles. The van der Waals surface area contributed by atoms with E-state index >= 15 is 0 Å². The van der Waals surface area contributed by atoms with Gasteiger partial charge in [0.15, 0.2) is 11.3 Å². The minimum atomic E-state index is -0.584. The molecule has 9 heteroatoms. The Labute approximate surface area is 138 Å². The van der Waals surface area contributed by atoms with Gasteiger partial charge in [0.25, 0.3) is 5.69 Å². The van der Waals surface area contributed by atoms with Gasteiger partial charge < -0.3 is 4.74 Å². The average Bonchev–Trinajstić information content (AvgIpc) is 2.94. The summed E-state index contributed by atoms with van der Waals surface area (Å²) in [5.74, 6) is -0.584. The van der Waals surface area contributed by atoms with Crippen molar-refractivity contribution in [3.05, 3.63) is 56.8 Å². The molecule has 0 unspecified atom stereocenters. The maximum absolute atomic E-state index is 12.0. The predicted molar refractivity (Wildman–Crippen MR) is 84.1 cm³/mol. The Morgan fingerprint density at radius 1 is 1.39 bits per heavy atom. The lowest BCUT2D eigenvalue weighted by Gasteiger charge is -2.07. The summed E-state index contributed by atoms with van der Waals surface area (Å²) in [5.41, 5.74) is 1.44. The number of halogens is 1. The van der Waals surface area contributed by atoms with E-state index in [0.29, 0.717) is 21.4 Å². The number of esters is 1. The Balaban J connectivity index is 2.25. The Kier molecular flexibility index (Phi) is 3.78. The molecule has 3 rings (SSSR count). The molecule has 3 aromatic rings. The van der Waals surface area contributed by atoms with Crippen molar-refractivity contribution in [3.8, 4) is 11.3 Å². The molecule has 1 aromatic carbocycles. The zero-order valence-electron chi connectivity index (χ0n) is 11.8. The number of nitrogens with zero attached hydrogens (tertiary/aromatic N) is 4. The van der Waals surface area contributed by atoms with Crippen LogP contribution in [0.1, 0.15) is 10.5 Å². The van der Waals surface area contributed by atoms with Crippen LogP contribution in [-0.4, -0.2) is 32.6 Å². The number of rotatable bonds is 3. The highest BCUT2D eigenvalue weighted by Crippen LogP contribution is 2.26. The van der Waals surface area contributed by atoms with E-state index in [2.05, 4.69) is 26.0 Å². The predicted octanol–water partition coefficient (Wildman–Crippen LogP) is 2.85. The third-order valence-corrected chi connectivity index (χ3v) is 3.74. The number of hydrogen-bond acceptors (Lipinski definition) is 6. The van der Waals surface area contributed by atoms with E-state index in [9.17, 15) is 14.9 Å². The highest BCUT2D eigenvalue weighted by atomic mass is 79.9.